The highest BCUT2D eigenvalue weighted by Gasteiger charge is 2.41. The van der Waals surface area contributed by atoms with Gasteiger partial charge in [-0.05, 0) is 15.6 Å². The molecule has 0 spiro atoms. The number of hydrogen-bond donors (Lipinski definition) is 0. The van der Waals surface area contributed by atoms with E-state index in [0.717, 1.165) is 0 Å². The third-order valence-corrected chi connectivity index (χ3v) is 8.73. The smallest absolute Gasteiger partial charge is 0.290 e. The van der Waals surface area contributed by atoms with Gasteiger partial charge in [0.05, 0.1) is 0 Å². The Labute approximate surface area is 149 Å². The van der Waals surface area contributed by atoms with Gasteiger partial charge >= 0.3 is 0 Å². The van der Waals surface area contributed by atoms with Crippen LogP contribution < -0.4 is 15.6 Å². The summed E-state index contributed by atoms with van der Waals surface area (Å²) in [5, 5.41) is 3.66. The largest absolute Gasteiger partial charge is 0.391 e. The first kappa shape index (κ1) is 17.3. The second-order valence-electron chi connectivity index (χ2n) is 5.30. The second kappa shape index (κ2) is 8.51. The summed E-state index contributed by atoms with van der Waals surface area (Å²) in [4.78, 5) is 0. The Morgan fingerprint density at radius 1 is 0.667 bits per heavy atom. The molecule has 1 unspecified atom stereocenters. The van der Waals surface area contributed by atoms with Crippen LogP contribution in [0.25, 0.3) is 0 Å². The first-order valence-electron chi connectivity index (χ1n) is 7.76. The maximum Gasteiger partial charge on any atom is 0.290 e. The van der Waals surface area contributed by atoms with Gasteiger partial charge in [0.15, 0.2) is 0 Å². The van der Waals surface area contributed by atoms with Crippen LogP contribution in [0.2, 0.25) is 0 Å². The van der Waals surface area contributed by atoms with Gasteiger partial charge < -0.3 is 8.85 Å². The van der Waals surface area contributed by atoms with E-state index in [9.17, 15) is 0 Å². The van der Waals surface area contributed by atoms with Gasteiger partial charge in [-0.25, -0.2) is 0 Å². The number of benzene rings is 3. The van der Waals surface area contributed by atoms with Crippen molar-refractivity contribution in [1.82, 2.24) is 0 Å². The molecular formula is C19H19O2PSi2. The van der Waals surface area contributed by atoms with Gasteiger partial charge in [-0.1, -0.05) is 91.0 Å². The van der Waals surface area contributed by atoms with Crippen molar-refractivity contribution in [3.05, 3.63) is 91.0 Å². The molecule has 0 saturated carbocycles. The van der Waals surface area contributed by atoms with Gasteiger partial charge in [0.1, 0.15) is 6.79 Å². The predicted octanol–water partition coefficient (Wildman–Crippen LogP) is 2.05. The van der Waals surface area contributed by atoms with E-state index < -0.39 is 8.32 Å². The van der Waals surface area contributed by atoms with Crippen LogP contribution in [0.5, 0.6) is 0 Å². The molecule has 120 valence electrons. The maximum absolute atomic E-state index is 6.54. The van der Waals surface area contributed by atoms with E-state index in [1.54, 1.807) is 0 Å². The highest BCUT2D eigenvalue weighted by atomic mass is 31.3. The van der Waals surface area contributed by atoms with Crippen molar-refractivity contribution >= 4 is 42.1 Å². The van der Waals surface area contributed by atoms with Crippen LogP contribution >= 0.6 is 8.79 Å². The third-order valence-electron chi connectivity index (χ3n) is 3.96. The van der Waals surface area contributed by atoms with Gasteiger partial charge in [0.2, 0.25) is 0 Å². The molecule has 24 heavy (non-hydrogen) atoms. The standard InChI is InChI=1S/C19H19O2PSi2/c22-23-20-16-21-24(17-10-4-1-5-11-17,18-12-6-2-7-13-18)19-14-8-3-9-15-19/h1-15H,16,22H2. The van der Waals surface area contributed by atoms with Gasteiger partial charge in [0.25, 0.3) is 17.7 Å². The zero-order chi connectivity index (χ0) is 16.7. The highest BCUT2D eigenvalue weighted by Crippen LogP contribution is 2.10. The van der Waals surface area contributed by atoms with Crippen LogP contribution in [-0.4, -0.2) is 24.5 Å². The van der Waals surface area contributed by atoms with Crippen molar-refractivity contribution in [2.75, 3.05) is 6.79 Å². The Balaban J connectivity index is 2.20. The van der Waals surface area contributed by atoms with E-state index >= 15 is 0 Å². The van der Waals surface area contributed by atoms with E-state index in [2.05, 4.69) is 81.6 Å². The van der Waals surface area contributed by atoms with Crippen molar-refractivity contribution < 1.29 is 8.85 Å². The summed E-state index contributed by atoms with van der Waals surface area (Å²) in [5.41, 5.74) is 0. The molecule has 0 N–H and O–H groups in total. The van der Waals surface area contributed by atoms with E-state index in [1.165, 1.54) is 15.6 Å². The SMILES string of the molecule is P[Si]OCO[Si](c1ccccc1)(c1ccccc1)c1ccccc1. The summed E-state index contributed by atoms with van der Waals surface area (Å²) in [5.74, 6) is 0. The lowest BCUT2D eigenvalue weighted by Gasteiger charge is -2.32. The lowest BCUT2D eigenvalue weighted by atomic mass is 10.3. The predicted molar refractivity (Wildman–Crippen MR) is 106 cm³/mol. The van der Waals surface area contributed by atoms with Crippen molar-refractivity contribution in [3.63, 3.8) is 0 Å². The maximum atomic E-state index is 6.54. The fourth-order valence-corrected chi connectivity index (χ4v) is 7.09. The van der Waals surface area contributed by atoms with Gasteiger partial charge in [-0.15, -0.1) is 8.79 Å². The van der Waals surface area contributed by atoms with Crippen LogP contribution in [-0.2, 0) is 8.85 Å². The molecule has 2 radical (unpaired) electrons. The molecule has 0 aromatic heterocycles. The molecule has 3 aromatic carbocycles. The molecule has 1 atom stereocenters. The molecule has 0 fully saturated rings. The molecule has 0 heterocycles. The minimum Gasteiger partial charge on any atom is -0.391 e. The minimum absolute atomic E-state index is 0.285. The Morgan fingerprint density at radius 3 is 1.38 bits per heavy atom. The molecule has 0 bridgehead atoms. The molecular weight excluding hydrogens is 347 g/mol. The summed E-state index contributed by atoms with van der Waals surface area (Å²) < 4.78 is 12.1. The molecule has 3 aromatic rings. The van der Waals surface area contributed by atoms with E-state index in [-0.39, 0.29) is 6.79 Å². The third kappa shape index (κ3) is 3.58. The van der Waals surface area contributed by atoms with Crippen molar-refractivity contribution in [2.45, 2.75) is 0 Å². The topological polar surface area (TPSA) is 18.5 Å². The lowest BCUT2D eigenvalue weighted by molar-refractivity contribution is 0.128. The molecule has 0 aliphatic carbocycles. The number of hydrogen-bond acceptors (Lipinski definition) is 2. The van der Waals surface area contributed by atoms with E-state index in [4.69, 9.17) is 8.85 Å². The van der Waals surface area contributed by atoms with E-state index in [1.807, 2.05) is 18.2 Å². The fraction of sp³-hybridized carbons (Fsp3) is 0.0526. The van der Waals surface area contributed by atoms with Gasteiger partial charge in [0, 0.05) is 0 Å². The quantitative estimate of drug-likeness (QED) is 0.210. The van der Waals surface area contributed by atoms with Crippen molar-refractivity contribution in [1.29, 1.82) is 0 Å². The fourth-order valence-electron chi connectivity index (χ4n) is 2.92. The zero-order valence-corrected chi connectivity index (χ0v) is 16.4. The van der Waals surface area contributed by atoms with Crippen molar-refractivity contribution in [2.24, 2.45) is 0 Å². The molecule has 0 amide bonds. The van der Waals surface area contributed by atoms with E-state index in [0.29, 0.717) is 9.43 Å². The molecule has 0 aliphatic heterocycles. The molecule has 3 rings (SSSR count). The Morgan fingerprint density at radius 2 is 1.04 bits per heavy atom. The average Bonchev–Trinajstić information content (AvgIpc) is 2.68. The van der Waals surface area contributed by atoms with Gasteiger partial charge in [-0.2, -0.15) is 0 Å². The Kier molecular flexibility index (Phi) is 6.13. The molecule has 0 aliphatic rings. The van der Waals surface area contributed by atoms with Crippen LogP contribution in [0.4, 0.5) is 0 Å². The minimum atomic E-state index is -2.59. The summed E-state index contributed by atoms with van der Waals surface area (Å²) in [6.45, 7) is 0.285. The average molecular weight is 367 g/mol. The van der Waals surface area contributed by atoms with Crippen LogP contribution in [0.15, 0.2) is 91.0 Å². The van der Waals surface area contributed by atoms with Gasteiger partial charge in [-0.3, -0.25) is 0 Å². The summed E-state index contributed by atoms with van der Waals surface area (Å²) in [7, 11) is 0.337. The first-order chi connectivity index (χ1) is 11.9. The van der Waals surface area contributed by atoms with Crippen LogP contribution in [0.1, 0.15) is 0 Å². The zero-order valence-electron chi connectivity index (χ0n) is 13.3. The lowest BCUT2D eigenvalue weighted by Crippen LogP contribution is -2.69. The second-order valence-corrected chi connectivity index (χ2v) is 9.92. The number of rotatable bonds is 7. The molecule has 0 saturated heterocycles. The first-order valence-corrected chi connectivity index (χ1v) is 12.4. The van der Waals surface area contributed by atoms with Crippen LogP contribution in [0, 0.1) is 0 Å². The Hall–Kier alpha value is -1.56. The normalized spacial score (nSPS) is 11.4. The monoisotopic (exact) mass is 366 g/mol. The summed E-state index contributed by atoms with van der Waals surface area (Å²) >= 11 is 0. The van der Waals surface area contributed by atoms with Crippen LogP contribution in [0.3, 0.4) is 0 Å². The summed E-state index contributed by atoms with van der Waals surface area (Å²) in [6, 6.07) is 31.5. The summed E-state index contributed by atoms with van der Waals surface area (Å²) in [6.07, 6.45) is 0. The highest BCUT2D eigenvalue weighted by molar-refractivity contribution is 7.54. The Bertz CT molecular complexity index is 642. The molecule has 5 heteroatoms. The van der Waals surface area contributed by atoms with Crippen molar-refractivity contribution in [3.8, 4) is 0 Å². The molecule has 2 nitrogen and oxygen atoms in total.